The molecule has 2 aromatic carbocycles. The highest BCUT2D eigenvalue weighted by Crippen LogP contribution is 2.32. The van der Waals surface area contributed by atoms with E-state index >= 15 is 0 Å². The van der Waals surface area contributed by atoms with Crippen LogP contribution in [0.15, 0.2) is 46.9 Å². The van der Waals surface area contributed by atoms with Crippen LogP contribution in [0.4, 0.5) is 5.69 Å². The molecule has 5 nitrogen and oxygen atoms in total. The Labute approximate surface area is 187 Å². The molecule has 30 heavy (non-hydrogen) atoms. The fourth-order valence-corrected chi connectivity index (χ4v) is 4.62. The average Bonchev–Trinajstić information content (AvgIpc) is 2.79. The number of carbonyl (C=O) groups excluding carboxylic acids is 1. The second kappa shape index (κ2) is 10.4. The number of nitrogens with one attached hydrogen (secondary N) is 1. The Morgan fingerprint density at radius 1 is 1.23 bits per heavy atom. The molecule has 0 radical (unpaired) electrons. The zero-order valence-corrected chi connectivity index (χ0v) is 19.1. The van der Waals surface area contributed by atoms with Gasteiger partial charge in [0.05, 0.1) is 11.3 Å². The Kier molecular flexibility index (Phi) is 7.92. The highest BCUT2D eigenvalue weighted by atomic mass is 79.9. The van der Waals surface area contributed by atoms with Crippen molar-refractivity contribution in [2.24, 2.45) is 0 Å². The number of benzene rings is 2. The zero-order valence-electron chi connectivity index (χ0n) is 17.5. The van der Waals surface area contributed by atoms with Crippen molar-refractivity contribution < 1.29 is 14.6 Å². The van der Waals surface area contributed by atoms with Gasteiger partial charge in [-0.25, -0.2) is 4.79 Å². The number of carbonyl (C=O) groups is 1. The van der Waals surface area contributed by atoms with Crippen LogP contribution >= 0.6 is 15.9 Å². The second-order valence-corrected chi connectivity index (χ2v) is 8.96. The molecule has 1 atom stereocenters. The van der Waals surface area contributed by atoms with Crippen molar-refractivity contribution in [1.29, 1.82) is 0 Å². The highest BCUT2D eigenvalue weighted by molar-refractivity contribution is 9.10. The van der Waals surface area contributed by atoms with Gasteiger partial charge in [0.15, 0.2) is 0 Å². The van der Waals surface area contributed by atoms with Crippen LogP contribution in [0.2, 0.25) is 0 Å². The van der Waals surface area contributed by atoms with Gasteiger partial charge in [-0.1, -0.05) is 56.5 Å². The Balaban J connectivity index is 1.67. The van der Waals surface area contributed by atoms with Crippen molar-refractivity contribution in [1.82, 2.24) is 5.32 Å². The summed E-state index contributed by atoms with van der Waals surface area (Å²) in [5.74, 6) is -0.477. The van der Waals surface area contributed by atoms with Crippen LogP contribution in [0.1, 0.15) is 73.0 Å². The molecule has 3 rings (SSSR count). The number of anilines is 1. The van der Waals surface area contributed by atoms with E-state index in [2.05, 4.69) is 28.2 Å². The van der Waals surface area contributed by atoms with E-state index in [1.807, 2.05) is 18.2 Å². The maximum Gasteiger partial charge on any atom is 0.338 e. The summed E-state index contributed by atoms with van der Waals surface area (Å²) in [5.41, 5.74) is 9.05. The van der Waals surface area contributed by atoms with Crippen molar-refractivity contribution >= 4 is 27.6 Å². The molecule has 1 aliphatic rings. The number of esters is 1. The Bertz CT molecular complexity index is 851. The molecule has 0 bridgehead atoms. The number of hydrogen-bond donors (Lipinski definition) is 3. The molecule has 162 valence electrons. The largest absolute Gasteiger partial charge is 0.459 e. The zero-order chi connectivity index (χ0) is 21.6. The maximum atomic E-state index is 12.6. The Hall–Kier alpha value is -1.89. The number of nitrogen functional groups attached to an aromatic ring is 1. The normalized spacial score (nSPS) is 16.8. The monoisotopic (exact) mass is 474 g/mol. The minimum Gasteiger partial charge on any atom is -0.459 e. The van der Waals surface area contributed by atoms with Gasteiger partial charge in [0.1, 0.15) is 12.7 Å². The summed E-state index contributed by atoms with van der Waals surface area (Å²) in [7, 11) is 0. The van der Waals surface area contributed by atoms with Crippen molar-refractivity contribution in [3.63, 3.8) is 0 Å². The third-order valence-electron chi connectivity index (χ3n) is 6.15. The molecule has 0 spiro atoms. The van der Waals surface area contributed by atoms with Gasteiger partial charge in [-0.2, -0.15) is 0 Å². The molecule has 0 heterocycles. The number of ether oxygens (including phenoxy) is 1. The fourth-order valence-electron chi connectivity index (χ4n) is 4.11. The molecule has 0 aliphatic heterocycles. The van der Waals surface area contributed by atoms with Gasteiger partial charge in [-0.05, 0) is 58.5 Å². The number of halogens is 1. The summed E-state index contributed by atoms with van der Waals surface area (Å²) in [6.45, 7) is 2.73. The smallest absolute Gasteiger partial charge is 0.338 e. The topological polar surface area (TPSA) is 84.6 Å². The molecule has 1 unspecified atom stereocenters. The first-order valence-electron chi connectivity index (χ1n) is 10.7. The van der Waals surface area contributed by atoms with Crippen LogP contribution < -0.4 is 11.1 Å². The summed E-state index contributed by atoms with van der Waals surface area (Å²) in [5, 5.41) is 14.0. The van der Waals surface area contributed by atoms with Gasteiger partial charge in [0, 0.05) is 16.6 Å². The molecule has 1 saturated carbocycles. The first-order chi connectivity index (χ1) is 14.4. The summed E-state index contributed by atoms with van der Waals surface area (Å²) >= 11 is 3.47. The lowest BCUT2D eigenvalue weighted by Gasteiger charge is -2.38. The van der Waals surface area contributed by atoms with Crippen molar-refractivity contribution in [3.05, 3.63) is 63.6 Å². The van der Waals surface area contributed by atoms with Crippen LogP contribution in [-0.4, -0.2) is 23.2 Å². The van der Waals surface area contributed by atoms with Crippen molar-refractivity contribution in [2.75, 3.05) is 12.3 Å². The number of nitrogens with two attached hydrogens (primary N) is 1. The molecule has 0 aromatic heterocycles. The number of aliphatic hydroxyl groups excluding tert-OH is 1. The van der Waals surface area contributed by atoms with Crippen LogP contribution in [0.5, 0.6) is 0 Å². The quantitative estimate of drug-likeness (QED) is 0.365. The van der Waals surface area contributed by atoms with Crippen molar-refractivity contribution in [3.8, 4) is 0 Å². The predicted molar refractivity (Wildman–Crippen MR) is 123 cm³/mol. The van der Waals surface area contributed by atoms with E-state index in [4.69, 9.17) is 10.5 Å². The van der Waals surface area contributed by atoms with Gasteiger partial charge in [0.25, 0.3) is 0 Å². The fraction of sp³-hybridized carbons (Fsp3) is 0.458. The van der Waals surface area contributed by atoms with Crippen LogP contribution in [-0.2, 0) is 11.3 Å². The molecular formula is C24H31BrN2O3. The van der Waals surface area contributed by atoms with Gasteiger partial charge < -0.3 is 20.9 Å². The van der Waals surface area contributed by atoms with Gasteiger partial charge in [0.2, 0.25) is 0 Å². The predicted octanol–water partition coefficient (Wildman–Crippen LogP) is 5.12. The highest BCUT2D eigenvalue weighted by Gasteiger charge is 2.29. The minimum atomic E-state index is -0.857. The first kappa shape index (κ1) is 22.8. The van der Waals surface area contributed by atoms with E-state index < -0.39 is 12.1 Å². The van der Waals surface area contributed by atoms with Crippen molar-refractivity contribution in [2.45, 2.75) is 63.6 Å². The van der Waals surface area contributed by atoms with E-state index in [1.54, 1.807) is 24.3 Å². The summed E-state index contributed by atoms with van der Waals surface area (Å²) in [4.78, 5) is 12.6. The summed E-state index contributed by atoms with van der Waals surface area (Å²) in [6, 6.07) is 12.6. The lowest BCUT2D eigenvalue weighted by atomic mass is 9.79. The lowest BCUT2D eigenvalue weighted by Crippen LogP contribution is -2.45. The maximum absolute atomic E-state index is 12.6. The third kappa shape index (κ3) is 5.62. The number of rotatable bonds is 8. The standard InChI is InChI=1S/C24H31BrN2O3/c1-2-24(11-7-4-8-12-24)27-15-19-13-18(14-20(25)22(19)26)23(29)30-16-21(28)17-9-5-3-6-10-17/h3,5-6,9-10,13-14,21,27-28H,2,4,7-8,11-12,15-16,26H2,1H3. The molecule has 1 fully saturated rings. The summed E-state index contributed by atoms with van der Waals surface area (Å²) < 4.78 is 6.03. The van der Waals surface area contributed by atoms with Gasteiger partial charge >= 0.3 is 5.97 Å². The number of aliphatic hydroxyl groups is 1. The number of hydrogen-bond acceptors (Lipinski definition) is 5. The van der Waals surface area contributed by atoms with Crippen LogP contribution in [0.25, 0.3) is 0 Å². The second-order valence-electron chi connectivity index (χ2n) is 8.10. The van der Waals surface area contributed by atoms with E-state index in [1.165, 1.54) is 32.1 Å². The Morgan fingerprint density at radius 3 is 2.60 bits per heavy atom. The lowest BCUT2D eigenvalue weighted by molar-refractivity contribution is 0.0254. The van der Waals surface area contributed by atoms with Gasteiger partial charge in [-0.3, -0.25) is 0 Å². The molecule has 2 aromatic rings. The molecule has 1 aliphatic carbocycles. The van der Waals surface area contributed by atoms with Crippen LogP contribution in [0, 0.1) is 0 Å². The third-order valence-corrected chi connectivity index (χ3v) is 6.80. The van der Waals surface area contributed by atoms with E-state index in [9.17, 15) is 9.90 Å². The first-order valence-corrected chi connectivity index (χ1v) is 11.5. The van der Waals surface area contributed by atoms with Crippen LogP contribution in [0.3, 0.4) is 0 Å². The SMILES string of the molecule is CCC1(NCc2cc(C(=O)OCC(O)c3ccccc3)cc(Br)c2N)CCCCC1. The molecule has 4 N–H and O–H groups in total. The average molecular weight is 475 g/mol. The van der Waals surface area contributed by atoms with E-state index in [-0.39, 0.29) is 12.1 Å². The van der Waals surface area contributed by atoms with E-state index in [0.717, 1.165) is 12.0 Å². The summed E-state index contributed by atoms with van der Waals surface area (Å²) in [6.07, 6.45) is 6.35. The molecule has 6 heteroatoms. The van der Waals surface area contributed by atoms with Gasteiger partial charge in [-0.15, -0.1) is 0 Å². The van der Waals surface area contributed by atoms with E-state index in [0.29, 0.717) is 27.8 Å². The molecule has 0 amide bonds. The Morgan fingerprint density at radius 2 is 1.93 bits per heavy atom. The minimum absolute atomic E-state index is 0.0998. The molecular weight excluding hydrogens is 444 g/mol. The molecule has 0 saturated heterocycles.